The molecule has 0 saturated heterocycles. The van der Waals surface area contributed by atoms with Crippen molar-refractivity contribution in [2.45, 2.75) is 28.1 Å². The van der Waals surface area contributed by atoms with E-state index in [-0.39, 0.29) is 21.8 Å². The van der Waals surface area contributed by atoms with Crippen molar-refractivity contribution < 1.29 is 26.7 Å². The Bertz CT molecular complexity index is 1590. The van der Waals surface area contributed by atoms with E-state index in [2.05, 4.69) is 9.97 Å². The lowest BCUT2D eigenvalue weighted by Crippen LogP contribution is -2.33. The quantitative estimate of drug-likeness (QED) is 0.257. The summed E-state index contributed by atoms with van der Waals surface area (Å²) in [6.07, 6.45) is 0.693. The fraction of sp³-hybridized carbons (Fsp3) is 0.292. The van der Waals surface area contributed by atoms with Gasteiger partial charge in [-0.2, -0.15) is 8.78 Å². The van der Waals surface area contributed by atoms with E-state index in [0.29, 0.717) is 21.4 Å². The molecule has 13 heteroatoms. The molecule has 0 aliphatic heterocycles. The van der Waals surface area contributed by atoms with Crippen LogP contribution in [0, 0.1) is 0 Å². The van der Waals surface area contributed by atoms with Gasteiger partial charge >= 0.3 is 5.92 Å². The van der Waals surface area contributed by atoms with Crippen LogP contribution in [0.25, 0.3) is 10.3 Å². The zero-order chi connectivity index (χ0) is 26.8. The standard InChI is InChI=1S/C24H23F2N3O5S3/c1-33-16-10-9-15(18(13-16)34-2)14-29-21(30)19-20(36-23(27-19)35-3)28-22(29)24(25,26)11-12-37(31,32)17-7-5-4-6-8-17/h4-10,13H,11-12,14H2,1-3H3. The zero-order valence-corrected chi connectivity index (χ0v) is 22.6. The van der Waals surface area contributed by atoms with Crippen LogP contribution in [-0.4, -0.2) is 49.2 Å². The maximum absolute atomic E-state index is 15.7. The molecule has 0 amide bonds. The number of ether oxygens (including phenoxy) is 2. The molecular weight excluding hydrogens is 544 g/mol. The number of thiazole rings is 1. The molecule has 4 aromatic rings. The molecule has 2 aromatic heterocycles. The summed E-state index contributed by atoms with van der Waals surface area (Å²) < 4.78 is 68.7. The van der Waals surface area contributed by atoms with Crippen LogP contribution in [0.1, 0.15) is 17.8 Å². The molecule has 0 aliphatic rings. The average Bonchev–Trinajstić information content (AvgIpc) is 3.33. The number of halogens is 2. The van der Waals surface area contributed by atoms with Crippen LogP contribution < -0.4 is 15.0 Å². The van der Waals surface area contributed by atoms with E-state index in [1.54, 1.807) is 30.5 Å². The summed E-state index contributed by atoms with van der Waals surface area (Å²) in [5.74, 6) is -4.58. The monoisotopic (exact) mass is 567 g/mol. The van der Waals surface area contributed by atoms with E-state index in [4.69, 9.17) is 9.47 Å². The van der Waals surface area contributed by atoms with Gasteiger partial charge in [-0.25, -0.2) is 18.4 Å². The number of alkyl halides is 2. The SMILES string of the molecule is COc1ccc(Cn2c(C(F)(F)CCS(=O)(=O)c3ccccc3)nc3sc(SC)nc3c2=O)c(OC)c1. The first-order valence-electron chi connectivity index (χ1n) is 10.9. The molecule has 0 fully saturated rings. The summed E-state index contributed by atoms with van der Waals surface area (Å²) in [5.41, 5.74) is -0.348. The molecular formula is C24H23F2N3O5S3. The molecule has 0 spiro atoms. The molecule has 0 aliphatic carbocycles. The first-order chi connectivity index (χ1) is 17.6. The van der Waals surface area contributed by atoms with Crippen LogP contribution in [-0.2, 0) is 22.3 Å². The average molecular weight is 568 g/mol. The summed E-state index contributed by atoms with van der Waals surface area (Å²) in [4.78, 5) is 21.8. The van der Waals surface area contributed by atoms with E-state index in [0.717, 1.165) is 15.9 Å². The third-order valence-corrected chi connectivity index (χ3v) is 9.28. The Morgan fingerprint density at radius 1 is 1.08 bits per heavy atom. The molecule has 0 saturated carbocycles. The van der Waals surface area contributed by atoms with Gasteiger partial charge < -0.3 is 9.47 Å². The number of hydrogen-bond donors (Lipinski definition) is 0. The molecule has 196 valence electrons. The number of hydrogen-bond acceptors (Lipinski definition) is 9. The number of rotatable bonds is 10. The number of aromatic nitrogens is 3. The molecule has 8 nitrogen and oxygen atoms in total. The third-order valence-electron chi connectivity index (χ3n) is 5.61. The van der Waals surface area contributed by atoms with Crippen molar-refractivity contribution in [3.05, 3.63) is 70.3 Å². The minimum atomic E-state index is -3.99. The van der Waals surface area contributed by atoms with Crippen molar-refractivity contribution in [2.75, 3.05) is 26.2 Å². The molecule has 0 atom stereocenters. The van der Waals surface area contributed by atoms with Gasteiger partial charge in [0.2, 0.25) is 0 Å². The molecule has 0 N–H and O–H groups in total. The molecule has 2 heterocycles. The number of nitrogens with zero attached hydrogens (tertiary/aromatic N) is 3. The van der Waals surface area contributed by atoms with Crippen molar-refractivity contribution in [3.8, 4) is 11.5 Å². The second kappa shape index (κ2) is 10.8. The highest BCUT2D eigenvalue weighted by atomic mass is 32.2. The molecule has 0 unspecified atom stereocenters. The Balaban J connectivity index is 1.80. The predicted molar refractivity (Wildman–Crippen MR) is 139 cm³/mol. The second-order valence-corrected chi connectivity index (χ2v) is 12.1. The normalized spacial score (nSPS) is 12.1. The Morgan fingerprint density at radius 2 is 1.81 bits per heavy atom. The number of methoxy groups -OCH3 is 2. The predicted octanol–water partition coefficient (Wildman–Crippen LogP) is 4.60. The van der Waals surface area contributed by atoms with Gasteiger partial charge in [0.1, 0.15) is 11.5 Å². The number of fused-ring (bicyclic) bond motifs is 1. The van der Waals surface area contributed by atoms with Crippen molar-refractivity contribution in [1.29, 1.82) is 0 Å². The number of sulfone groups is 1. The van der Waals surface area contributed by atoms with Crippen molar-refractivity contribution in [3.63, 3.8) is 0 Å². The topological polar surface area (TPSA) is 100 Å². The van der Waals surface area contributed by atoms with Crippen LogP contribution in [0.4, 0.5) is 8.78 Å². The van der Waals surface area contributed by atoms with Crippen LogP contribution in [0.3, 0.4) is 0 Å². The maximum atomic E-state index is 15.7. The van der Waals surface area contributed by atoms with Crippen molar-refractivity contribution >= 4 is 43.3 Å². The smallest absolute Gasteiger partial charge is 0.306 e. The lowest BCUT2D eigenvalue weighted by atomic mass is 10.1. The third kappa shape index (κ3) is 5.63. The summed E-state index contributed by atoms with van der Waals surface area (Å²) in [5, 5.41) is 0. The van der Waals surface area contributed by atoms with E-state index < -0.39 is 39.3 Å². The number of thioether (sulfide) groups is 1. The highest BCUT2D eigenvalue weighted by molar-refractivity contribution is 8.00. The van der Waals surface area contributed by atoms with Gasteiger partial charge in [0.05, 0.1) is 31.4 Å². The van der Waals surface area contributed by atoms with Gasteiger partial charge in [-0.15, -0.1) is 0 Å². The lowest BCUT2D eigenvalue weighted by Gasteiger charge is -2.21. The first-order valence-corrected chi connectivity index (χ1v) is 14.6. The Labute approximate surface area is 220 Å². The van der Waals surface area contributed by atoms with E-state index in [9.17, 15) is 13.2 Å². The van der Waals surface area contributed by atoms with Gasteiger partial charge in [0.25, 0.3) is 5.56 Å². The van der Waals surface area contributed by atoms with E-state index in [1.807, 2.05) is 0 Å². The van der Waals surface area contributed by atoms with Crippen molar-refractivity contribution in [1.82, 2.24) is 14.5 Å². The van der Waals surface area contributed by atoms with Crippen LogP contribution in [0.15, 0.2) is 62.6 Å². The fourth-order valence-corrected chi connectivity index (χ4v) is 6.42. The molecule has 0 bridgehead atoms. The summed E-state index contributed by atoms with van der Waals surface area (Å²) in [6, 6.07) is 12.2. The molecule has 37 heavy (non-hydrogen) atoms. The van der Waals surface area contributed by atoms with Gasteiger partial charge in [-0.1, -0.05) is 41.3 Å². The van der Waals surface area contributed by atoms with E-state index >= 15 is 8.78 Å². The largest absolute Gasteiger partial charge is 0.497 e. The Kier molecular flexibility index (Phi) is 7.85. The molecule has 2 aromatic carbocycles. The lowest BCUT2D eigenvalue weighted by molar-refractivity contribution is -0.0208. The molecule has 4 rings (SSSR count). The van der Waals surface area contributed by atoms with E-state index in [1.165, 1.54) is 50.2 Å². The van der Waals surface area contributed by atoms with Gasteiger partial charge in [0.15, 0.2) is 30.3 Å². The zero-order valence-electron chi connectivity index (χ0n) is 20.1. The highest BCUT2D eigenvalue weighted by Crippen LogP contribution is 2.35. The van der Waals surface area contributed by atoms with Gasteiger partial charge in [0, 0.05) is 18.1 Å². The summed E-state index contributed by atoms with van der Waals surface area (Å²) >= 11 is 2.29. The van der Waals surface area contributed by atoms with Crippen molar-refractivity contribution in [2.24, 2.45) is 0 Å². The molecule has 0 radical (unpaired) electrons. The minimum absolute atomic E-state index is 0.0294. The summed E-state index contributed by atoms with van der Waals surface area (Å²) in [6.45, 7) is -0.294. The Hall–Kier alpha value is -3.03. The minimum Gasteiger partial charge on any atom is -0.497 e. The second-order valence-electron chi connectivity index (χ2n) is 7.93. The fourth-order valence-electron chi connectivity index (χ4n) is 3.67. The van der Waals surface area contributed by atoms with Crippen LogP contribution in [0.2, 0.25) is 0 Å². The first kappa shape index (κ1) is 27.0. The number of benzene rings is 2. The van der Waals surface area contributed by atoms with Gasteiger partial charge in [-0.3, -0.25) is 9.36 Å². The maximum Gasteiger partial charge on any atom is 0.306 e. The van der Waals surface area contributed by atoms with Gasteiger partial charge in [-0.05, 0) is 30.5 Å². The van der Waals surface area contributed by atoms with Crippen LogP contribution in [0.5, 0.6) is 11.5 Å². The summed E-state index contributed by atoms with van der Waals surface area (Å²) in [7, 11) is -1.10. The highest BCUT2D eigenvalue weighted by Gasteiger charge is 2.39. The van der Waals surface area contributed by atoms with Crippen LogP contribution >= 0.6 is 23.1 Å². The Morgan fingerprint density at radius 3 is 2.46 bits per heavy atom.